The van der Waals surface area contributed by atoms with Crippen LogP contribution in [-0.4, -0.2) is 41.8 Å². The minimum Gasteiger partial charge on any atom is -0.356 e. The molecule has 0 saturated carbocycles. The van der Waals surface area contributed by atoms with Crippen molar-refractivity contribution in [2.75, 3.05) is 14.1 Å². The fourth-order valence-electron chi connectivity index (χ4n) is 1.74. The molecule has 0 aliphatic rings. The van der Waals surface area contributed by atoms with E-state index in [-0.39, 0.29) is 11.8 Å². The molecule has 0 aliphatic heterocycles. The van der Waals surface area contributed by atoms with Gasteiger partial charge in [-0.3, -0.25) is 9.59 Å². The van der Waals surface area contributed by atoms with E-state index in [4.69, 9.17) is 0 Å². The van der Waals surface area contributed by atoms with E-state index >= 15 is 0 Å². The van der Waals surface area contributed by atoms with Crippen LogP contribution < -0.4 is 5.32 Å². The van der Waals surface area contributed by atoms with E-state index in [0.29, 0.717) is 18.0 Å². The van der Waals surface area contributed by atoms with Crippen molar-refractivity contribution in [3.05, 3.63) is 22.4 Å². The molecule has 1 aromatic heterocycles. The van der Waals surface area contributed by atoms with Crippen molar-refractivity contribution in [1.82, 2.24) is 15.2 Å². The average molecular weight is 330 g/mol. The maximum atomic E-state index is 12.0. The van der Waals surface area contributed by atoms with Gasteiger partial charge in [0.25, 0.3) is 5.91 Å². The summed E-state index contributed by atoms with van der Waals surface area (Å²) in [4.78, 5) is 28.4. The van der Waals surface area contributed by atoms with E-state index in [1.165, 1.54) is 4.90 Å². The molecule has 1 heterocycles. The molecule has 2 N–H and O–H groups in total. The summed E-state index contributed by atoms with van der Waals surface area (Å²) in [7, 11) is 3.38. The van der Waals surface area contributed by atoms with Crippen LogP contribution in [0.5, 0.6) is 0 Å². The highest BCUT2D eigenvalue weighted by Gasteiger charge is 2.24. The number of nitrogens with zero attached hydrogens (tertiary/aromatic N) is 1. The number of aromatic amines is 1. The fourth-order valence-corrected chi connectivity index (χ4v) is 2.08. The Bertz CT molecular complexity index is 454. The first-order chi connectivity index (χ1) is 8.81. The van der Waals surface area contributed by atoms with Crippen LogP contribution in [0.25, 0.3) is 0 Å². The van der Waals surface area contributed by atoms with Crippen molar-refractivity contribution in [3.8, 4) is 0 Å². The smallest absolute Gasteiger partial charge is 0.268 e. The molecule has 106 valence electrons. The van der Waals surface area contributed by atoms with Gasteiger partial charge >= 0.3 is 0 Å². The van der Waals surface area contributed by atoms with Crippen molar-refractivity contribution in [2.24, 2.45) is 5.92 Å². The standard InChI is InChI=1S/C13H20BrN3O2/c1-8(2)5-11(13(19)17(3)4)16-12(18)10-6-9(14)7-15-10/h6-8,11,15H,5H2,1-4H3,(H,16,18). The van der Waals surface area contributed by atoms with Crippen molar-refractivity contribution < 1.29 is 9.59 Å². The second-order valence-electron chi connectivity index (χ2n) is 5.12. The monoisotopic (exact) mass is 329 g/mol. The lowest BCUT2D eigenvalue weighted by atomic mass is 10.0. The predicted octanol–water partition coefficient (Wildman–Crippen LogP) is 2.01. The number of amides is 2. The molecule has 5 nitrogen and oxygen atoms in total. The summed E-state index contributed by atoms with van der Waals surface area (Å²) in [6.45, 7) is 4.04. The van der Waals surface area contributed by atoms with Gasteiger partial charge in [-0.15, -0.1) is 0 Å². The zero-order chi connectivity index (χ0) is 14.6. The molecule has 2 amide bonds. The van der Waals surface area contributed by atoms with Crippen molar-refractivity contribution in [2.45, 2.75) is 26.3 Å². The van der Waals surface area contributed by atoms with Gasteiger partial charge in [-0.05, 0) is 34.3 Å². The Labute approximate surface area is 121 Å². The number of halogens is 1. The van der Waals surface area contributed by atoms with Crippen LogP contribution in [0.2, 0.25) is 0 Å². The topological polar surface area (TPSA) is 65.2 Å². The van der Waals surface area contributed by atoms with Crippen LogP contribution in [0.4, 0.5) is 0 Å². The third-order valence-electron chi connectivity index (χ3n) is 2.64. The van der Waals surface area contributed by atoms with Crippen LogP contribution >= 0.6 is 15.9 Å². The molecule has 0 saturated heterocycles. The van der Waals surface area contributed by atoms with Crippen molar-refractivity contribution in [3.63, 3.8) is 0 Å². The van der Waals surface area contributed by atoms with E-state index in [0.717, 1.165) is 4.47 Å². The maximum Gasteiger partial charge on any atom is 0.268 e. The van der Waals surface area contributed by atoms with Gasteiger partial charge in [-0.25, -0.2) is 0 Å². The third-order valence-corrected chi connectivity index (χ3v) is 3.10. The third kappa shape index (κ3) is 4.70. The number of likely N-dealkylation sites (N-methyl/N-ethyl adjacent to an activating group) is 1. The molecule has 0 spiro atoms. The highest BCUT2D eigenvalue weighted by atomic mass is 79.9. The Balaban J connectivity index is 2.77. The van der Waals surface area contributed by atoms with Gasteiger partial charge in [0.15, 0.2) is 0 Å². The van der Waals surface area contributed by atoms with Gasteiger partial charge in [0.1, 0.15) is 11.7 Å². The molecule has 6 heteroatoms. The molecule has 1 aromatic rings. The van der Waals surface area contributed by atoms with E-state index in [1.54, 1.807) is 26.4 Å². The highest BCUT2D eigenvalue weighted by Crippen LogP contribution is 2.12. The van der Waals surface area contributed by atoms with Gasteiger partial charge in [-0.2, -0.15) is 0 Å². The van der Waals surface area contributed by atoms with E-state index in [9.17, 15) is 9.59 Å². The number of aromatic nitrogens is 1. The van der Waals surface area contributed by atoms with Crippen LogP contribution in [0.15, 0.2) is 16.7 Å². The quantitative estimate of drug-likeness (QED) is 0.867. The van der Waals surface area contributed by atoms with Crippen LogP contribution in [0.1, 0.15) is 30.8 Å². The Morgan fingerprint density at radius 1 is 1.42 bits per heavy atom. The van der Waals surface area contributed by atoms with Crippen molar-refractivity contribution >= 4 is 27.7 Å². The number of carbonyl (C=O) groups excluding carboxylic acids is 2. The summed E-state index contributed by atoms with van der Waals surface area (Å²) in [5.74, 6) is -0.0381. The Morgan fingerprint density at radius 2 is 2.05 bits per heavy atom. The minimum absolute atomic E-state index is 0.0901. The number of hydrogen-bond donors (Lipinski definition) is 2. The lowest BCUT2D eigenvalue weighted by molar-refractivity contribution is -0.131. The van der Waals surface area contributed by atoms with E-state index < -0.39 is 6.04 Å². The van der Waals surface area contributed by atoms with Gasteiger partial charge in [-0.1, -0.05) is 13.8 Å². The molecule has 1 atom stereocenters. The average Bonchev–Trinajstić information content (AvgIpc) is 2.73. The number of nitrogens with one attached hydrogen (secondary N) is 2. The predicted molar refractivity (Wildman–Crippen MR) is 77.9 cm³/mol. The summed E-state index contributed by atoms with van der Waals surface area (Å²) in [6, 6.07) is 1.19. The van der Waals surface area contributed by atoms with E-state index in [2.05, 4.69) is 26.2 Å². The molecule has 1 rings (SSSR count). The van der Waals surface area contributed by atoms with Crippen LogP contribution in [0, 0.1) is 5.92 Å². The molecule has 0 radical (unpaired) electrons. The number of rotatable bonds is 5. The SMILES string of the molecule is CC(C)CC(NC(=O)c1cc(Br)c[nH]1)C(=O)N(C)C. The first-order valence-corrected chi connectivity index (χ1v) is 6.96. The second kappa shape index (κ2) is 6.75. The zero-order valence-electron chi connectivity index (χ0n) is 11.7. The second-order valence-corrected chi connectivity index (χ2v) is 6.04. The normalized spacial score (nSPS) is 12.3. The molecule has 19 heavy (non-hydrogen) atoms. The summed E-state index contributed by atoms with van der Waals surface area (Å²) >= 11 is 3.27. The zero-order valence-corrected chi connectivity index (χ0v) is 13.2. The van der Waals surface area contributed by atoms with Gasteiger partial charge in [0, 0.05) is 24.8 Å². The van der Waals surface area contributed by atoms with Gasteiger partial charge < -0.3 is 15.2 Å². The molecule has 0 aromatic carbocycles. The van der Waals surface area contributed by atoms with Gasteiger partial charge in [0.2, 0.25) is 5.91 Å². The summed E-state index contributed by atoms with van der Waals surface area (Å²) in [5.41, 5.74) is 0.437. The Morgan fingerprint density at radius 3 is 2.47 bits per heavy atom. The minimum atomic E-state index is -0.496. The van der Waals surface area contributed by atoms with Crippen LogP contribution in [-0.2, 0) is 4.79 Å². The molecular weight excluding hydrogens is 310 g/mol. The summed E-state index contributed by atoms with van der Waals surface area (Å²) < 4.78 is 0.803. The first kappa shape index (κ1) is 15.8. The molecular formula is C13H20BrN3O2. The number of H-pyrrole nitrogens is 1. The largest absolute Gasteiger partial charge is 0.356 e. The summed E-state index contributed by atoms with van der Waals surface area (Å²) in [5, 5.41) is 2.78. The maximum absolute atomic E-state index is 12.0. The molecule has 1 unspecified atom stereocenters. The van der Waals surface area contributed by atoms with Crippen molar-refractivity contribution in [1.29, 1.82) is 0 Å². The van der Waals surface area contributed by atoms with Crippen LogP contribution in [0.3, 0.4) is 0 Å². The lowest BCUT2D eigenvalue weighted by Gasteiger charge is -2.22. The van der Waals surface area contributed by atoms with E-state index in [1.807, 2.05) is 13.8 Å². The Hall–Kier alpha value is -1.30. The summed E-state index contributed by atoms with van der Waals surface area (Å²) in [6.07, 6.45) is 2.30. The molecule has 0 aliphatic carbocycles. The number of hydrogen-bond acceptors (Lipinski definition) is 2. The van der Waals surface area contributed by atoms with Gasteiger partial charge in [0.05, 0.1) is 0 Å². The highest BCUT2D eigenvalue weighted by molar-refractivity contribution is 9.10. The number of carbonyl (C=O) groups is 2. The lowest BCUT2D eigenvalue weighted by Crippen LogP contribution is -2.47. The molecule has 0 bridgehead atoms. The first-order valence-electron chi connectivity index (χ1n) is 6.17. The molecule has 0 fully saturated rings. The fraction of sp³-hybridized carbons (Fsp3) is 0.538. The Kier molecular flexibility index (Phi) is 5.60.